The van der Waals surface area contributed by atoms with Crippen LogP contribution in [0.2, 0.25) is 6.55 Å². The molecule has 0 amide bonds. The van der Waals surface area contributed by atoms with E-state index in [2.05, 4.69) is 13.2 Å². The van der Waals surface area contributed by atoms with E-state index in [-0.39, 0.29) is 24.3 Å². The van der Waals surface area contributed by atoms with E-state index in [1.54, 1.807) is 32.9 Å². The summed E-state index contributed by atoms with van der Waals surface area (Å²) in [5.74, 6) is -0.845. The summed E-state index contributed by atoms with van der Waals surface area (Å²) in [6.07, 6.45) is 3.96. The molecule has 0 saturated carbocycles. The van der Waals surface area contributed by atoms with Gasteiger partial charge in [-0.15, -0.1) is 0 Å². The van der Waals surface area contributed by atoms with Gasteiger partial charge in [0.2, 0.25) is 0 Å². The van der Waals surface area contributed by atoms with Gasteiger partial charge < -0.3 is 9.47 Å². The van der Waals surface area contributed by atoms with Crippen molar-refractivity contribution in [3.8, 4) is 0 Å². The van der Waals surface area contributed by atoms with Gasteiger partial charge in [0.05, 0.1) is 18.4 Å². The molecule has 0 aliphatic rings. The third-order valence-corrected chi connectivity index (χ3v) is 5.14. The second-order valence-electron chi connectivity index (χ2n) is 5.37. The van der Waals surface area contributed by atoms with Gasteiger partial charge in [-0.1, -0.05) is 51.4 Å². The minimum atomic E-state index is -2.17. The smallest absolute Gasteiger partial charge is 0.332 e. The summed E-state index contributed by atoms with van der Waals surface area (Å²) in [6.45, 7) is 14.3. The molecular weight excluding hydrogens is 272 g/mol. The highest BCUT2D eigenvalue weighted by Crippen LogP contribution is 2.10. The normalized spacial score (nSPS) is 13.8. The third-order valence-electron chi connectivity index (χ3n) is 2.53. The van der Waals surface area contributed by atoms with Crippen LogP contribution in [0, 0.1) is 5.92 Å². The van der Waals surface area contributed by atoms with Crippen LogP contribution in [0.3, 0.4) is 0 Å². The summed E-state index contributed by atoms with van der Waals surface area (Å²) in [5, 5.41) is 0. The van der Waals surface area contributed by atoms with Crippen molar-refractivity contribution in [3.63, 3.8) is 0 Å². The lowest BCUT2D eigenvalue weighted by Crippen LogP contribution is -2.43. The molecule has 4 nitrogen and oxygen atoms in total. The number of ether oxygens (including phenoxy) is 2. The van der Waals surface area contributed by atoms with Gasteiger partial charge in [-0.2, -0.15) is 0 Å². The van der Waals surface area contributed by atoms with Crippen molar-refractivity contribution in [1.29, 1.82) is 0 Å². The van der Waals surface area contributed by atoms with E-state index < -0.39 is 14.0 Å². The molecule has 5 heteroatoms. The van der Waals surface area contributed by atoms with Crippen molar-refractivity contribution in [1.82, 2.24) is 0 Å². The van der Waals surface area contributed by atoms with Crippen LogP contribution >= 0.6 is 0 Å². The van der Waals surface area contributed by atoms with Crippen LogP contribution in [0.15, 0.2) is 36.6 Å². The Morgan fingerprint density at radius 3 is 2.25 bits per heavy atom. The maximum absolute atomic E-state index is 11.5. The monoisotopic (exact) mass is 296 g/mol. The maximum atomic E-state index is 11.5. The topological polar surface area (TPSA) is 52.6 Å². The third kappa shape index (κ3) is 7.09. The summed E-state index contributed by atoms with van der Waals surface area (Å²) in [5.41, 5.74) is 2.30. The molecule has 0 heterocycles. The van der Waals surface area contributed by atoms with Crippen molar-refractivity contribution in [2.75, 3.05) is 12.5 Å². The van der Waals surface area contributed by atoms with Crippen LogP contribution in [-0.2, 0) is 19.1 Å². The highest BCUT2D eigenvalue weighted by molar-refractivity contribution is 6.83. The fourth-order valence-corrected chi connectivity index (χ4v) is 3.00. The van der Waals surface area contributed by atoms with Gasteiger partial charge in [-0.05, 0) is 6.92 Å². The van der Waals surface area contributed by atoms with E-state index >= 15 is 0 Å². The van der Waals surface area contributed by atoms with Gasteiger partial charge in [0.25, 0.3) is 0 Å². The maximum Gasteiger partial charge on any atom is 0.332 e. The molecule has 0 N–H and O–H groups in total. The van der Waals surface area contributed by atoms with Crippen molar-refractivity contribution in [3.05, 3.63) is 36.6 Å². The van der Waals surface area contributed by atoms with Gasteiger partial charge in [0.15, 0.2) is 8.07 Å². The van der Waals surface area contributed by atoms with Crippen molar-refractivity contribution in [2.45, 2.75) is 27.3 Å². The predicted octanol–water partition coefficient (Wildman–Crippen LogP) is 2.74. The van der Waals surface area contributed by atoms with E-state index in [1.165, 1.54) is 0 Å². The predicted molar refractivity (Wildman–Crippen MR) is 82.5 cm³/mol. The molecule has 1 atom stereocenters. The molecule has 0 radical (unpaired) electrons. The molecule has 0 spiro atoms. The minimum absolute atomic E-state index is 0.172. The molecule has 20 heavy (non-hydrogen) atoms. The molecular formula is C15H24O4Si. The average molecular weight is 296 g/mol. The molecule has 0 saturated heterocycles. The minimum Gasteiger partial charge on any atom is -0.469 e. The molecule has 0 fully saturated rings. The lowest BCUT2D eigenvalue weighted by atomic mass is 10.2. The first-order valence-corrected chi connectivity index (χ1v) is 9.50. The second kappa shape index (κ2) is 8.53. The molecule has 0 aliphatic heterocycles. The molecule has 0 aromatic carbocycles. The lowest BCUT2D eigenvalue weighted by Gasteiger charge is -2.23. The Labute approximate surface area is 122 Å². The van der Waals surface area contributed by atoms with Gasteiger partial charge >= 0.3 is 11.9 Å². The number of hydrogen-bond acceptors (Lipinski definition) is 4. The standard InChI is InChI=1S/C15H24O4Si/c1-7-8-9-20(6,10-18-14(16)12(2)3)11-19-15(17)13(4)5/h7-9,13H,1-2,10-11H2,3-6H3/b9-8+. The Kier molecular flexibility index (Phi) is 7.84. The quantitative estimate of drug-likeness (QED) is 0.299. The summed E-state index contributed by atoms with van der Waals surface area (Å²) in [6, 6.07) is 0. The van der Waals surface area contributed by atoms with Crippen LogP contribution in [0.25, 0.3) is 0 Å². The van der Waals surface area contributed by atoms with Gasteiger partial charge in [0.1, 0.15) is 0 Å². The number of esters is 2. The molecule has 112 valence electrons. The Morgan fingerprint density at radius 2 is 1.80 bits per heavy atom. The van der Waals surface area contributed by atoms with Gasteiger partial charge in [-0.3, -0.25) is 4.79 Å². The number of allylic oxidation sites excluding steroid dienone is 2. The zero-order chi connectivity index (χ0) is 15.8. The van der Waals surface area contributed by atoms with Crippen LogP contribution < -0.4 is 0 Å². The van der Waals surface area contributed by atoms with Crippen molar-refractivity contribution < 1.29 is 19.1 Å². The van der Waals surface area contributed by atoms with Crippen LogP contribution in [-0.4, -0.2) is 32.5 Å². The first kappa shape index (κ1) is 18.4. The van der Waals surface area contributed by atoms with Crippen LogP contribution in [0.1, 0.15) is 20.8 Å². The number of carbonyl (C=O) groups excluding carboxylic acids is 2. The lowest BCUT2D eigenvalue weighted by molar-refractivity contribution is -0.145. The number of rotatable bonds is 8. The van der Waals surface area contributed by atoms with Crippen molar-refractivity contribution in [2.24, 2.45) is 5.92 Å². The Morgan fingerprint density at radius 1 is 1.25 bits per heavy atom. The summed E-state index contributed by atoms with van der Waals surface area (Å²) in [7, 11) is -2.17. The number of hydrogen-bond donors (Lipinski definition) is 0. The SMILES string of the molecule is C=C/C=C/[Si](C)(COC(=O)C(=C)C)COC(=O)C(C)C. The zero-order valence-corrected chi connectivity index (χ0v) is 13.8. The zero-order valence-electron chi connectivity index (χ0n) is 12.8. The Balaban J connectivity index is 4.70. The average Bonchev–Trinajstić information content (AvgIpc) is 2.39. The molecule has 0 aromatic heterocycles. The number of carbonyl (C=O) groups is 2. The molecule has 0 aromatic rings. The summed E-state index contributed by atoms with van der Waals surface area (Å²) in [4.78, 5) is 23.0. The molecule has 1 unspecified atom stereocenters. The van der Waals surface area contributed by atoms with E-state index in [4.69, 9.17) is 9.47 Å². The van der Waals surface area contributed by atoms with Gasteiger partial charge in [0, 0.05) is 5.57 Å². The fraction of sp³-hybridized carbons (Fsp3) is 0.467. The molecule has 0 bridgehead atoms. The highest BCUT2D eigenvalue weighted by Gasteiger charge is 2.29. The van der Waals surface area contributed by atoms with Gasteiger partial charge in [-0.25, -0.2) is 4.79 Å². The second-order valence-corrected chi connectivity index (χ2v) is 9.59. The highest BCUT2D eigenvalue weighted by atomic mass is 28.3. The van der Waals surface area contributed by atoms with Crippen LogP contribution in [0.4, 0.5) is 0 Å². The van der Waals surface area contributed by atoms with Crippen LogP contribution in [0.5, 0.6) is 0 Å². The molecule has 0 aliphatic carbocycles. The largest absolute Gasteiger partial charge is 0.469 e. The Bertz CT molecular complexity index is 412. The molecule has 0 rings (SSSR count). The summed E-state index contributed by atoms with van der Waals surface area (Å²) < 4.78 is 10.5. The summed E-state index contributed by atoms with van der Waals surface area (Å²) >= 11 is 0. The fourth-order valence-electron chi connectivity index (χ4n) is 1.19. The Hall–Kier alpha value is -1.62. The van der Waals surface area contributed by atoms with E-state index in [9.17, 15) is 9.59 Å². The first-order chi connectivity index (χ1) is 9.22. The van der Waals surface area contributed by atoms with E-state index in [0.717, 1.165) is 0 Å². The van der Waals surface area contributed by atoms with E-state index in [0.29, 0.717) is 5.57 Å². The van der Waals surface area contributed by atoms with Crippen molar-refractivity contribution >= 4 is 20.0 Å². The van der Waals surface area contributed by atoms with E-state index in [1.807, 2.05) is 12.2 Å². The first-order valence-electron chi connectivity index (χ1n) is 6.51.